The third-order valence-electron chi connectivity index (χ3n) is 2.31. The van der Waals surface area contributed by atoms with Gasteiger partial charge in [0, 0.05) is 18.3 Å². The first-order valence-corrected chi connectivity index (χ1v) is 5.59. The number of hydrogen-bond donors (Lipinski definition) is 1. The van der Waals surface area contributed by atoms with Gasteiger partial charge >= 0.3 is 0 Å². The van der Waals surface area contributed by atoms with Crippen LogP contribution in [0.3, 0.4) is 0 Å². The van der Waals surface area contributed by atoms with Crippen molar-refractivity contribution < 1.29 is 4.74 Å². The van der Waals surface area contributed by atoms with E-state index < -0.39 is 0 Å². The van der Waals surface area contributed by atoms with Crippen LogP contribution in [-0.4, -0.2) is 17.6 Å². The minimum absolute atomic E-state index is 0.0992. The summed E-state index contributed by atoms with van der Waals surface area (Å²) in [6.45, 7) is 4.74. The summed E-state index contributed by atoms with van der Waals surface area (Å²) in [5.41, 5.74) is 7.00. The number of aryl methyl sites for hydroxylation is 1. The van der Waals surface area contributed by atoms with Crippen LogP contribution in [0.15, 0.2) is 18.3 Å². The molecule has 3 nitrogen and oxygen atoms in total. The third kappa shape index (κ3) is 4.30. The van der Waals surface area contributed by atoms with Crippen LogP contribution >= 0.6 is 0 Å². The molecule has 84 valence electrons. The van der Waals surface area contributed by atoms with Gasteiger partial charge in [-0.3, -0.25) is 0 Å². The van der Waals surface area contributed by atoms with Crippen molar-refractivity contribution >= 4 is 0 Å². The van der Waals surface area contributed by atoms with Gasteiger partial charge in [0.05, 0.1) is 0 Å². The second kappa shape index (κ2) is 6.40. The molecule has 0 aromatic carbocycles. The van der Waals surface area contributed by atoms with Gasteiger partial charge in [-0.1, -0.05) is 26.3 Å². The van der Waals surface area contributed by atoms with E-state index in [9.17, 15) is 0 Å². The van der Waals surface area contributed by atoms with Crippen LogP contribution in [0.5, 0.6) is 5.88 Å². The van der Waals surface area contributed by atoms with Crippen LogP contribution in [0.1, 0.15) is 32.3 Å². The molecule has 0 saturated heterocycles. The van der Waals surface area contributed by atoms with Crippen molar-refractivity contribution in [3.63, 3.8) is 0 Å². The van der Waals surface area contributed by atoms with E-state index in [0.717, 1.165) is 19.3 Å². The Morgan fingerprint density at radius 3 is 2.73 bits per heavy atom. The molecular weight excluding hydrogens is 188 g/mol. The summed E-state index contributed by atoms with van der Waals surface area (Å²) in [5, 5.41) is 0. The van der Waals surface area contributed by atoms with E-state index in [1.807, 2.05) is 19.2 Å². The molecule has 0 aliphatic rings. The minimum Gasteiger partial charge on any atom is -0.476 e. The van der Waals surface area contributed by atoms with Gasteiger partial charge in [0.2, 0.25) is 5.88 Å². The van der Waals surface area contributed by atoms with Gasteiger partial charge in [-0.2, -0.15) is 0 Å². The molecule has 1 heterocycles. The first kappa shape index (κ1) is 12.0. The Labute approximate surface area is 91.7 Å². The van der Waals surface area contributed by atoms with E-state index in [0.29, 0.717) is 12.5 Å². The summed E-state index contributed by atoms with van der Waals surface area (Å²) >= 11 is 0. The van der Waals surface area contributed by atoms with Crippen LogP contribution in [0.4, 0.5) is 0 Å². The molecule has 1 rings (SSSR count). The smallest absolute Gasteiger partial charge is 0.213 e. The third-order valence-corrected chi connectivity index (χ3v) is 2.31. The Hall–Kier alpha value is -1.09. The van der Waals surface area contributed by atoms with Gasteiger partial charge in [0.25, 0.3) is 0 Å². The number of hydrogen-bond acceptors (Lipinski definition) is 3. The van der Waals surface area contributed by atoms with Crippen LogP contribution in [0.2, 0.25) is 0 Å². The fourth-order valence-electron chi connectivity index (χ4n) is 1.24. The average molecular weight is 208 g/mol. The molecule has 0 radical (unpaired) electrons. The lowest BCUT2D eigenvalue weighted by Gasteiger charge is -2.10. The molecular formula is C12H20N2O. The van der Waals surface area contributed by atoms with Gasteiger partial charge in [-0.05, 0) is 18.4 Å². The van der Waals surface area contributed by atoms with Gasteiger partial charge in [-0.15, -0.1) is 0 Å². The normalized spacial score (nSPS) is 12.5. The van der Waals surface area contributed by atoms with E-state index in [1.165, 1.54) is 5.56 Å². The van der Waals surface area contributed by atoms with E-state index in [-0.39, 0.29) is 6.04 Å². The summed E-state index contributed by atoms with van der Waals surface area (Å²) in [6.07, 6.45) is 5.01. The van der Waals surface area contributed by atoms with E-state index >= 15 is 0 Å². The summed E-state index contributed by atoms with van der Waals surface area (Å²) in [7, 11) is 0. The molecule has 0 saturated carbocycles. The van der Waals surface area contributed by atoms with Crippen LogP contribution in [0.25, 0.3) is 0 Å². The first-order valence-electron chi connectivity index (χ1n) is 5.59. The highest BCUT2D eigenvalue weighted by Gasteiger charge is 2.01. The Morgan fingerprint density at radius 2 is 2.20 bits per heavy atom. The SMILES string of the molecule is CCCc1ccc(OCC(N)CC)nc1. The predicted octanol–water partition coefficient (Wildman–Crippen LogP) is 2.15. The monoisotopic (exact) mass is 208 g/mol. The maximum absolute atomic E-state index is 5.75. The molecule has 0 spiro atoms. The quantitative estimate of drug-likeness (QED) is 0.779. The summed E-state index contributed by atoms with van der Waals surface area (Å²) in [4.78, 5) is 4.23. The molecule has 1 aromatic rings. The summed E-state index contributed by atoms with van der Waals surface area (Å²) in [5.74, 6) is 0.666. The average Bonchev–Trinajstić information content (AvgIpc) is 2.28. The van der Waals surface area contributed by atoms with Gasteiger partial charge in [0.1, 0.15) is 6.61 Å². The molecule has 1 atom stereocenters. The summed E-state index contributed by atoms with van der Waals surface area (Å²) < 4.78 is 5.46. The number of aromatic nitrogens is 1. The lowest BCUT2D eigenvalue weighted by molar-refractivity contribution is 0.275. The second-order valence-electron chi connectivity index (χ2n) is 3.73. The van der Waals surface area contributed by atoms with E-state index in [1.54, 1.807) is 0 Å². The van der Waals surface area contributed by atoms with E-state index in [2.05, 4.69) is 18.0 Å². The highest BCUT2D eigenvalue weighted by Crippen LogP contribution is 2.09. The van der Waals surface area contributed by atoms with Crippen molar-refractivity contribution in [1.82, 2.24) is 4.98 Å². The second-order valence-corrected chi connectivity index (χ2v) is 3.73. The molecule has 0 fully saturated rings. The number of ether oxygens (including phenoxy) is 1. The highest BCUT2D eigenvalue weighted by molar-refractivity contribution is 5.17. The molecule has 0 aliphatic carbocycles. The Kier molecular flexibility index (Phi) is 5.12. The molecule has 0 amide bonds. The van der Waals surface area contributed by atoms with Crippen molar-refractivity contribution in [2.45, 2.75) is 39.2 Å². The fourth-order valence-corrected chi connectivity index (χ4v) is 1.24. The topological polar surface area (TPSA) is 48.1 Å². The zero-order valence-corrected chi connectivity index (χ0v) is 9.57. The van der Waals surface area contributed by atoms with Gasteiger partial charge in [-0.25, -0.2) is 4.98 Å². The maximum Gasteiger partial charge on any atom is 0.213 e. The molecule has 3 heteroatoms. The highest BCUT2D eigenvalue weighted by atomic mass is 16.5. The number of nitrogens with zero attached hydrogens (tertiary/aromatic N) is 1. The Bertz CT molecular complexity index is 271. The van der Waals surface area contributed by atoms with Crippen LogP contribution in [-0.2, 0) is 6.42 Å². The molecule has 2 N–H and O–H groups in total. The largest absolute Gasteiger partial charge is 0.476 e. The van der Waals surface area contributed by atoms with Gasteiger partial charge < -0.3 is 10.5 Å². The Morgan fingerprint density at radius 1 is 1.40 bits per heavy atom. The molecule has 1 unspecified atom stereocenters. The van der Waals surface area contributed by atoms with E-state index in [4.69, 9.17) is 10.5 Å². The molecule has 0 bridgehead atoms. The van der Waals surface area contributed by atoms with Crippen LogP contribution in [0, 0.1) is 0 Å². The molecule has 0 aliphatic heterocycles. The lowest BCUT2D eigenvalue weighted by atomic mass is 10.2. The van der Waals surface area contributed by atoms with Crippen molar-refractivity contribution in [3.05, 3.63) is 23.9 Å². The minimum atomic E-state index is 0.0992. The zero-order valence-electron chi connectivity index (χ0n) is 9.57. The first-order chi connectivity index (χ1) is 7.26. The standard InChI is InChI=1S/C12H20N2O/c1-3-5-10-6-7-12(14-8-10)15-9-11(13)4-2/h6-8,11H,3-5,9,13H2,1-2H3. The maximum atomic E-state index is 5.75. The van der Waals surface area contributed by atoms with Crippen molar-refractivity contribution in [3.8, 4) is 5.88 Å². The fraction of sp³-hybridized carbons (Fsp3) is 0.583. The number of pyridine rings is 1. The summed E-state index contributed by atoms with van der Waals surface area (Å²) in [6, 6.07) is 4.07. The number of rotatable bonds is 6. The predicted molar refractivity (Wildman–Crippen MR) is 62.0 cm³/mol. The lowest BCUT2D eigenvalue weighted by Crippen LogP contribution is -2.26. The van der Waals surface area contributed by atoms with Crippen molar-refractivity contribution in [2.75, 3.05) is 6.61 Å². The Balaban J connectivity index is 2.42. The van der Waals surface area contributed by atoms with Crippen molar-refractivity contribution in [2.24, 2.45) is 5.73 Å². The van der Waals surface area contributed by atoms with Gasteiger partial charge in [0.15, 0.2) is 0 Å². The van der Waals surface area contributed by atoms with Crippen molar-refractivity contribution in [1.29, 1.82) is 0 Å². The van der Waals surface area contributed by atoms with Crippen LogP contribution < -0.4 is 10.5 Å². The molecule has 1 aromatic heterocycles. The number of nitrogens with two attached hydrogens (primary N) is 1. The zero-order chi connectivity index (χ0) is 11.1. The molecule has 15 heavy (non-hydrogen) atoms.